The fourth-order valence-electron chi connectivity index (χ4n) is 1.85. The van der Waals surface area contributed by atoms with E-state index >= 15 is 0 Å². The zero-order valence-corrected chi connectivity index (χ0v) is 9.50. The summed E-state index contributed by atoms with van der Waals surface area (Å²) >= 11 is 5.49. The summed E-state index contributed by atoms with van der Waals surface area (Å²) in [6, 6.07) is 0.643. The molecule has 0 radical (unpaired) electrons. The highest BCUT2D eigenvalue weighted by molar-refractivity contribution is 6.13. The summed E-state index contributed by atoms with van der Waals surface area (Å²) in [5.74, 6) is 1.28. The van der Waals surface area contributed by atoms with Crippen molar-refractivity contribution in [2.24, 2.45) is 5.92 Å². The van der Waals surface area contributed by atoms with Crippen molar-refractivity contribution in [2.75, 3.05) is 24.5 Å². The molecule has 0 bridgehead atoms. The van der Waals surface area contributed by atoms with Crippen molar-refractivity contribution in [2.45, 2.75) is 19.8 Å². The summed E-state index contributed by atoms with van der Waals surface area (Å²) in [4.78, 5) is 4.83. The predicted molar refractivity (Wildman–Crippen MR) is 57.8 cm³/mol. The SMILES string of the molecule is Cc1nnc(N2CCC(CNCl)CC2)o1. The van der Waals surface area contributed by atoms with Gasteiger partial charge in [0.1, 0.15) is 0 Å². The molecule has 0 saturated carbocycles. The molecule has 0 aromatic carbocycles. The second-order valence-electron chi connectivity index (χ2n) is 3.87. The van der Waals surface area contributed by atoms with E-state index in [1.54, 1.807) is 6.92 Å². The third-order valence-corrected chi connectivity index (χ3v) is 2.92. The fourth-order valence-corrected chi connectivity index (χ4v) is 2.07. The van der Waals surface area contributed by atoms with Crippen molar-refractivity contribution in [3.63, 3.8) is 0 Å². The van der Waals surface area contributed by atoms with Crippen LogP contribution in [0.5, 0.6) is 0 Å². The van der Waals surface area contributed by atoms with Gasteiger partial charge in [0, 0.05) is 26.6 Å². The van der Waals surface area contributed by atoms with Gasteiger partial charge >= 0.3 is 6.01 Å². The zero-order chi connectivity index (χ0) is 10.7. The number of aryl methyl sites for hydroxylation is 1. The summed E-state index contributed by atoms with van der Waals surface area (Å²) in [6.07, 6.45) is 2.22. The molecule has 6 heteroatoms. The van der Waals surface area contributed by atoms with Crippen molar-refractivity contribution in [1.82, 2.24) is 15.0 Å². The number of rotatable bonds is 3. The minimum Gasteiger partial charge on any atom is -0.408 e. The van der Waals surface area contributed by atoms with Gasteiger partial charge in [-0.05, 0) is 30.5 Å². The quantitative estimate of drug-likeness (QED) is 0.795. The van der Waals surface area contributed by atoms with Crippen LogP contribution >= 0.6 is 11.8 Å². The molecule has 84 valence electrons. The van der Waals surface area contributed by atoms with Gasteiger partial charge in [0.05, 0.1) is 0 Å². The smallest absolute Gasteiger partial charge is 0.318 e. The van der Waals surface area contributed by atoms with E-state index in [0.717, 1.165) is 32.5 Å². The lowest BCUT2D eigenvalue weighted by Gasteiger charge is -2.30. The normalized spacial score (nSPS) is 18.4. The molecule has 1 aliphatic heterocycles. The van der Waals surface area contributed by atoms with E-state index in [1.165, 1.54) is 0 Å². The highest BCUT2D eigenvalue weighted by atomic mass is 35.5. The number of nitrogens with one attached hydrogen (secondary N) is 1. The van der Waals surface area contributed by atoms with Gasteiger partial charge in [-0.1, -0.05) is 5.10 Å². The maximum atomic E-state index is 5.49. The van der Waals surface area contributed by atoms with Gasteiger partial charge < -0.3 is 9.32 Å². The lowest BCUT2D eigenvalue weighted by atomic mass is 9.97. The Kier molecular flexibility index (Phi) is 3.43. The Morgan fingerprint density at radius 1 is 1.47 bits per heavy atom. The number of aromatic nitrogens is 2. The van der Waals surface area contributed by atoms with Crippen LogP contribution < -0.4 is 9.74 Å². The van der Waals surface area contributed by atoms with E-state index in [0.29, 0.717) is 17.8 Å². The molecule has 0 unspecified atom stereocenters. The number of anilines is 1. The molecular formula is C9H15ClN4O. The molecule has 1 aliphatic rings. The summed E-state index contributed by atoms with van der Waals surface area (Å²) in [7, 11) is 0. The summed E-state index contributed by atoms with van der Waals surface area (Å²) < 4.78 is 5.38. The number of halogens is 1. The molecule has 0 spiro atoms. The molecule has 5 nitrogen and oxygen atoms in total. The lowest BCUT2D eigenvalue weighted by molar-refractivity contribution is 0.385. The van der Waals surface area contributed by atoms with Crippen molar-refractivity contribution in [3.8, 4) is 0 Å². The van der Waals surface area contributed by atoms with E-state index < -0.39 is 0 Å². The van der Waals surface area contributed by atoms with Gasteiger partial charge in [-0.25, -0.2) is 4.84 Å². The molecule has 2 rings (SSSR count). The standard InChI is InChI=1S/C9H15ClN4O/c1-7-12-13-9(15-7)14-4-2-8(3-5-14)6-11-10/h8,11H,2-6H2,1H3. The molecule has 15 heavy (non-hydrogen) atoms. The van der Waals surface area contributed by atoms with E-state index in [2.05, 4.69) is 19.9 Å². The molecule has 0 atom stereocenters. The Labute approximate surface area is 93.9 Å². The van der Waals surface area contributed by atoms with Gasteiger partial charge in [-0.2, -0.15) is 0 Å². The van der Waals surface area contributed by atoms with Crippen LogP contribution in [0.3, 0.4) is 0 Å². The molecule has 1 saturated heterocycles. The van der Waals surface area contributed by atoms with Crippen LogP contribution in [0.25, 0.3) is 0 Å². The summed E-state index contributed by atoms with van der Waals surface area (Å²) in [5.41, 5.74) is 0. The van der Waals surface area contributed by atoms with Crippen LogP contribution in [0.1, 0.15) is 18.7 Å². The summed E-state index contributed by atoms with van der Waals surface area (Å²) in [5, 5.41) is 7.83. The second kappa shape index (κ2) is 4.81. The highest BCUT2D eigenvalue weighted by Gasteiger charge is 2.21. The third-order valence-electron chi connectivity index (χ3n) is 2.77. The Bertz CT molecular complexity index is 309. The topological polar surface area (TPSA) is 54.2 Å². The molecule has 0 amide bonds. The average molecular weight is 231 g/mol. The zero-order valence-electron chi connectivity index (χ0n) is 8.74. The van der Waals surface area contributed by atoms with Gasteiger partial charge in [0.25, 0.3) is 0 Å². The Morgan fingerprint density at radius 2 is 2.20 bits per heavy atom. The molecule has 2 heterocycles. The molecular weight excluding hydrogens is 216 g/mol. The highest BCUT2D eigenvalue weighted by Crippen LogP contribution is 2.21. The Hall–Kier alpha value is -0.810. The van der Waals surface area contributed by atoms with Gasteiger partial charge in [0.2, 0.25) is 5.89 Å². The molecule has 1 fully saturated rings. The van der Waals surface area contributed by atoms with Crippen LogP contribution in [-0.4, -0.2) is 29.8 Å². The van der Waals surface area contributed by atoms with Crippen molar-refractivity contribution >= 4 is 17.8 Å². The van der Waals surface area contributed by atoms with E-state index in [1.807, 2.05) is 0 Å². The van der Waals surface area contributed by atoms with Crippen LogP contribution in [0, 0.1) is 12.8 Å². The maximum Gasteiger partial charge on any atom is 0.318 e. The molecule has 0 aliphatic carbocycles. The summed E-state index contributed by atoms with van der Waals surface area (Å²) in [6.45, 7) is 4.61. The van der Waals surface area contributed by atoms with E-state index in [4.69, 9.17) is 16.2 Å². The number of hydrogen-bond donors (Lipinski definition) is 1. The van der Waals surface area contributed by atoms with E-state index in [-0.39, 0.29) is 0 Å². The van der Waals surface area contributed by atoms with Crippen LogP contribution in [0.2, 0.25) is 0 Å². The molecule has 1 aromatic heterocycles. The number of nitrogens with zero attached hydrogens (tertiary/aromatic N) is 3. The van der Waals surface area contributed by atoms with Crippen molar-refractivity contribution < 1.29 is 4.42 Å². The van der Waals surface area contributed by atoms with Crippen LogP contribution in [0.15, 0.2) is 4.42 Å². The van der Waals surface area contributed by atoms with Crippen molar-refractivity contribution in [3.05, 3.63) is 5.89 Å². The van der Waals surface area contributed by atoms with Crippen LogP contribution in [-0.2, 0) is 0 Å². The second-order valence-corrected chi connectivity index (χ2v) is 4.14. The van der Waals surface area contributed by atoms with E-state index in [9.17, 15) is 0 Å². The third kappa shape index (κ3) is 2.60. The first kappa shape index (κ1) is 10.7. The molecule has 1 aromatic rings. The lowest BCUT2D eigenvalue weighted by Crippen LogP contribution is -2.36. The minimum atomic E-state index is 0.620. The first-order valence-corrected chi connectivity index (χ1v) is 5.56. The number of hydrogen-bond acceptors (Lipinski definition) is 5. The van der Waals surface area contributed by atoms with Gasteiger partial charge in [0.15, 0.2) is 0 Å². The van der Waals surface area contributed by atoms with Crippen molar-refractivity contribution in [1.29, 1.82) is 0 Å². The maximum absolute atomic E-state index is 5.49. The predicted octanol–water partition coefficient (Wildman–Crippen LogP) is 1.34. The molecule has 1 N–H and O–H groups in total. The minimum absolute atomic E-state index is 0.620. The first-order valence-electron chi connectivity index (χ1n) is 5.18. The van der Waals surface area contributed by atoms with Gasteiger partial charge in [-0.15, -0.1) is 5.10 Å². The Balaban J connectivity index is 1.88. The average Bonchev–Trinajstić information content (AvgIpc) is 2.67. The monoisotopic (exact) mass is 230 g/mol. The first-order chi connectivity index (χ1) is 7.29. The number of piperidine rings is 1. The van der Waals surface area contributed by atoms with Gasteiger partial charge in [-0.3, -0.25) is 0 Å². The Morgan fingerprint density at radius 3 is 2.73 bits per heavy atom. The van der Waals surface area contributed by atoms with Crippen LogP contribution in [0.4, 0.5) is 6.01 Å². The fraction of sp³-hybridized carbons (Fsp3) is 0.778. The largest absolute Gasteiger partial charge is 0.408 e.